The molecule has 5 heteroatoms. The number of hydrogen-bond donors (Lipinski definition) is 1. The molecule has 0 radical (unpaired) electrons. The molecule has 0 bridgehead atoms. The Labute approximate surface area is 127 Å². The van der Waals surface area contributed by atoms with Crippen LogP contribution in [0.1, 0.15) is 25.5 Å². The van der Waals surface area contributed by atoms with Crippen LogP contribution in [0, 0.1) is 0 Å². The summed E-state index contributed by atoms with van der Waals surface area (Å²) in [5.41, 5.74) is 1.64. The summed E-state index contributed by atoms with van der Waals surface area (Å²) in [6.07, 6.45) is -0.271. The van der Waals surface area contributed by atoms with Crippen molar-refractivity contribution in [3.05, 3.63) is 57.3 Å². The molecule has 110 valence electrons. The molecule has 0 amide bonds. The maximum Gasteiger partial charge on any atom is 0.308 e. The van der Waals surface area contributed by atoms with E-state index in [1.165, 1.54) is 0 Å². The lowest BCUT2D eigenvalue weighted by atomic mass is 10.1. The van der Waals surface area contributed by atoms with E-state index in [0.29, 0.717) is 5.02 Å². The molecule has 1 heterocycles. The summed E-state index contributed by atoms with van der Waals surface area (Å²) in [5, 5.41) is 9.50. The summed E-state index contributed by atoms with van der Waals surface area (Å²) < 4.78 is 1.61. The van der Waals surface area contributed by atoms with E-state index in [0.717, 1.165) is 11.3 Å². The molecule has 0 saturated carbocycles. The first-order valence-electron chi connectivity index (χ1n) is 6.62. The van der Waals surface area contributed by atoms with Crippen molar-refractivity contribution in [1.29, 1.82) is 0 Å². The molecule has 2 rings (SSSR count). The van der Waals surface area contributed by atoms with Crippen molar-refractivity contribution in [1.82, 2.24) is 4.57 Å². The molecule has 0 aliphatic heterocycles. The summed E-state index contributed by atoms with van der Waals surface area (Å²) >= 11 is 5.88. The highest BCUT2D eigenvalue weighted by Gasteiger charge is 2.14. The number of rotatable bonds is 4. The topological polar surface area (TPSA) is 59.3 Å². The van der Waals surface area contributed by atoms with Crippen molar-refractivity contribution in [2.24, 2.45) is 0 Å². The number of pyridine rings is 1. The lowest BCUT2D eigenvalue weighted by Gasteiger charge is -2.18. The Morgan fingerprint density at radius 3 is 2.33 bits per heavy atom. The minimum atomic E-state index is -1.01. The minimum absolute atomic E-state index is 0.0723. The van der Waals surface area contributed by atoms with E-state index in [9.17, 15) is 9.59 Å². The molecule has 0 saturated heterocycles. The fourth-order valence-corrected chi connectivity index (χ4v) is 2.39. The molecule has 2 aromatic rings. The zero-order valence-corrected chi connectivity index (χ0v) is 12.6. The van der Waals surface area contributed by atoms with Crippen LogP contribution in [0.2, 0.25) is 5.02 Å². The lowest BCUT2D eigenvalue weighted by Crippen LogP contribution is -2.27. The normalized spacial score (nSPS) is 10.9. The predicted octanol–water partition coefficient (Wildman–Crippen LogP) is 3.38. The predicted molar refractivity (Wildman–Crippen MR) is 82.9 cm³/mol. The summed E-state index contributed by atoms with van der Waals surface area (Å²) in [7, 11) is 0. The van der Waals surface area contributed by atoms with Gasteiger partial charge in [0.1, 0.15) is 0 Å². The van der Waals surface area contributed by atoms with Crippen molar-refractivity contribution in [3.63, 3.8) is 0 Å². The number of carboxylic acids is 1. The average molecular weight is 306 g/mol. The van der Waals surface area contributed by atoms with Gasteiger partial charge >= 0.3 is 5.97 Å². The second-order valence-electron chi connectivity index (χ2n) is 5.09. The number of carbonyl (C=O) groups is 1. The first kappa shape index (κ1) is 15.3. The summed E-state index contributed by atoms with van der Waals surface area (Å²) in [6.45, 7) is 3.79. The second kappa shape index (κ2) is 6.14. The highest BCUT2D eigenvalue weighted by atomic mass is 35.5. The van der Waals surface area contributed by atoms with Gasteiger partial charge in [-0.05, 0) is 37.6 Å². The Kier molecular flexibility index (Phi) is 4.48. The van der Waals surface area contributed by atoms with Crippen LogP contribution in [0.3, 0.4) is 0 Å². The summed E-state index contributed by atoms with van der Waals surface area (Å²) in [4.78, 5) is 23.3. The Morgan fingerprint density at radius 2 is 1.81 bits per heavy atom. The van der Waals surface area contributed by atoms with E-state index < -0.39 is 5.97 Å². The van der Waals surface area contributed by atoms with E-state index in [-0.39, 0.29) is 23.6 Å². The molecule has 0 spiro atoms. The van der Waals surface area contributed by atoms with Crippen molar-refractivity contribution < 1.29 is 9.90 Å². The number of hydrogen-bond acceptors (Lipinski definition) is 2. The fourth-order valence-electron chi connectivity index (χ4n) is 2.26. The third-order valence-electron chi connectivity index (χ3n) is 3.19. The van der Waals surface area contributed by atoms with Crippen LogP contribution >= 0.6 is 11.6 Å². The zero-order chi connectivity index (χ0) is 15.6. The molecule has 21 heavy (non-hydrogen) atoms. The van der Waals surface area contributed by atoms with Crippen LogP contribution in [-0.4, -0.2) is 15.6 Å². The third-order valence-corrected chi connectivity index (χ3v) is 3.45. The van der Waals surface area contributed by atoms with Crippen LogP contribution < -0.4 is 5.56 Å². The first-order chi connectivity index (χ1) is 9.90. The van der Waals surface area contributed by atoms with Crippen LogP contribution in [0.25, 0.3) is 11.3 Å². The quantitative estimate of drug-likeness (QED) is 0.942. The molecule has 1 aromatic heterocycles. The Balaban J connectivity index is 2.62. The smallest absolute Gasteiger partial charge is 0.308 e. The number of halogens is 1. The SMILES string of the molecule is CC(C)n1c(-c2ccc(Cl)cc2)ccc(CC(=O)O)c1=O. The van der Waals surface area contributed by atoms with E-state index in [4.69, 9.17) is 16.7 Å². The van der Waals surface area contributed by atoms with Crippen molar-refractivity contribution >= 4 is 17.6 Å². The van der Waals surface area contributed by atoms with Crippen LogP contribution in [0.5, 0.6) is 0 Å². The van der Waals surface area contributed by atoms with Gasteiger partial charge in [-0.2, -0.15) is 0 Å². The van der Waals surface area contributed by atoms with Gasteiger partial charge in [0.25, 0.3) is 5.56 Å². The number of carboxylic acid groups (broad SMARTS) is 1. The molecule has 1 N–H and O–H groups in total. The van der Waals surface area contributed by atoms with Gasteiger partial charge in [0, 0.05) is 16.6 Å². The Morgan fingerprint density at radius 1 is 1.19 bits per heavy atom. The highest BCUT2D eigenvalue weighted by molar-refractivity contribution is 6.30. The molecule has 0 unspecified atom stereocenters. The van der Waals surface area contributed by atoms with Gasteiger partial charge in [0.2, 0.25) is 0 Å². The summed E-state index contributed by atoms with van der Waals surface area (Å²) in [5.74, 6) is -1.01. The number of nitrogens with zero attached hydrogens (tertiary/aromatic N) is 1. The number of benzene rings is 1. The van der Waals surface area contributed by atoms with Gasteiger partial charge in [0.15, 0.2) is 0 Å². The van der Waals surface area contributed by atoms with E-state index in [2.05, 4.69) is 0 Å². The second-order valence-corrected chi connectivity index (χ2v) is 5.53. The van der Waals surface area contributed by atoms with Crippen LogP contribution in [0.4, 0.5) is 0 Å². The molecule has 0 fully saturated rings. The Bertz CT molecular complexity index is 717. The fraction of sp³-hybridized carbons (Fsp3) is 0.250. The van der Waals surface area contributed by atoms with Gasteiger partial charge in [0.05, 0.1) is 12.1 Å². The maximum absolute atomic E-state index is 12.5. The van der Waals surface area contributed by atoms with E-state index in [1.807, 2.05) is 26.0 Å². The van der Waals surface area contributed by atoms with Crippen LogP contribution in [-0.2, 0) is 11.2 Å². The standard InChI is InChI=1S/C16H16ClNO3/c1-10(2)18-14(11-3-6-13(17)7-4-11)8-5-12(16(18)21)9-15(19)20/h3-8,10H,9H2,1-2H3,(H,19,20). The maximum atomic E-state index is 12.5. The van der Waals surface area contributed by atoms with Gasteiger partial charge in [-0.25, -0.2) is 0 Å². The summed E-state index contributed by atoms with van der Waals surface area (Å²) in [6, 6.07) is 10.5. The third kappa shape index (κ3) is 3.34. The first-order valence-corrected chi connectivity index (χ1v) is 7.00. The van der Waals surface area contributed by atoms with E-state index in [1.54, 1.807) is 28.8 Å². The minimum Gasteiger partial charge on any atom is -0.481 e. The molecule has 1 aromatic carbocycles. The average Bonchev–Trinajstić information content (AvgIpc) is 2.41. The van der Waals surface area contributed by atoms with E-state index >= 15 is 0 Å². The van der Waals surface area contributed by atoms with Crippen molar-refractivity contribution in [2.45, 2.75) is 26.3 Å². The zero-order valence-electron chi connectivity index (χ0n) is 11.8. The van der Waals surface area contributed by atoms with Crippen molar-refractivity contribution in [2.75, 3.05) is 0 Å². The monoisotopic (exact) mass is 305 g/mol. The number of aromatic nitrogens is 1. The lowest BCUT2D eigenvalue weighted by molar-refractivity contribution is -0.136. The molecular formula is C16H16ClNO3. The molecule has 0 atom stereocenters. The van der Waals surface area contributed by atoms with Crippen molar-refractivity contribution in [3.8, 4) is 11.3 Å². The molecular weight excluding hydrogens is 290 g/mol. The van der Waals surface area contributed by atoms with Crippen LogP contribution in [0.15, 0.2) is 41.2 Å². The molecule has 0 aliphatic rings. The largest absolute Gasteiger partial charge is 0.481 e. The molecule has 0 aliphatic carbocycles. The Hall–Kier alpha value is -2.07. The van der Waals surface area contributed by atoms with Gasteiger partial charge in [-0.3, -0.25) is 9.59 Å². The van der Waals surface area contributed by atoms with Gasteiger partial charge in [-0.1, -0.05) is 29.8 Å². The highest BCUT2D eigenvalue weighted by Crippen LogP contribution is 2.23. The van der Waals surface area contributed by atoms with Gasteiger partial charge < -0.3 is 9.67 Å². The number of aliphatic carboxylic acids is 1. The van der Waals surface area contributed by atoms with Gasteiger partial charge in [-0.15, -0.1) is 0 Å². The molecule has 4 nitrogen and oxygen atoms in total.